The second kappa shape index (κ2) is 10.7. The lowest BCUT2D eigenvalue weighted by atomic mass is 9.81. The van der Waals surface area contributed by atoms with Crippen molar-refractivity contribution in [3.8, 4) is 5.75 Å². The van der Waals surface area contributed by atoms with Gasteiger partial charge in [-0.1, -0.05) is 44.4 Å². The summed E-state index contributed by atoms with van der Waals surface area (Å²) in [5.41, 5.74) is 1.19. The van der Waals surface area contributed by atoms with Crippen LogP contribution in [0.4, 0.5) is 0 Å². The molecule has 0 bridgehead atoms. The highest BCUT2D eigenvalue weighted by molar-refractivity contribution is 7.98. The molecular weight excluding hydrogens is 320 g/mol. The second-order valence-electron chi connectivity index (χ2n) is 6.47. The van der Waals surface area contributed by atoms with E-state index in [0.717, 1.165) is 44.3 Å². The van der Waals surface area contributed by atoms with E-state index in [1.807, 2.05) is 18.4 Å². The Bertz CT molecular complexity index is 503. The van der Waals surface area contributed by atoms with E-state index < -0.39 is 0 Å². The first kappa shape index (κ1) is 19.2. The van der Waals surface area contributed by atoms with Crippen molar-refractivity contribution in [2.45, 2.75) is 70.3 Å². The first-order valence-corrected chi connectivity index (χ1v) is 10.6. The number of unbranched alkanes of at least 4 members (excludes halogenated alkanes) is 2. The highest BCUT2D eigenvalue weighted by Crippen LogP contribution is 2.39. The van der Waals surface area contributed by atoms with Gasteiger partial charge in [-0.3, -0.25) is 4.79 Å². The molecule has 24 heavy (non-hydrogen) atoms. The molecule has 0 N–H and O–H groups in total. The van der Waals surface area contributed by atoms with Gasteiger partial charge in [0.05, 0.1) is 0 Å². The lowest BCUT2D eigenvalue weighted by molar-refractivity contribution is -0.151. The van der Waals surface area contributed by atoms with Gasteiger partial charge in [0.2, 0.25) is 0 Å². The molecule has 0 saturated heterocycles. The third-order valence-corrected chi connectivity index (χ3v) is 4.97. The van der Waals surface area contributed by atoms with Gasteiger partial charge < -0.3 is 9.47 Å². The van der Waals surface area contributed by atoms with Gasteiger partial charge in [0.15, 0.2) is 0 Å². The molecule has 0 heterocycles. The quantitative estimate of drug-likeness (QED) is 0.333. The molecule has 0 amide bonds. The zero-order chi connectivity index (χ0) is 17.2. The zero-order valence-electron chi connectivity index (χ0n) is 15.0. The van der Waals surface area contributed by atoms with Gasteiger partial charge in [-0.05, 0) is 38.0 Å². The van der Waals surface area contributed by atoms with Crippen LogP contribution in [0.5, 0.6) is 5.75 Å². The molecule has 0 aliphatic heterocycles. The van der Waals surface area contributed by atoms with Crippen LogP contribution in [0.15, 0.2) is 24.3 Å². The molecule has 134 valence electrons. The van der Waals surface area contributed by atoms with Crippen LogP contribution in [0.3, 0.4) is 0 Å². The molecule has 0 spiro atoms. The number of rotatable bonds is 9. The smallest absolute Gasteiger partial charge is 0.306 e. The Balaban J connectivity index is 2.04. The first-order chi connectivity index (χ1) is 11.8. The molecule has 2 unspecified atom stereocenters. The van der Waals surface area contributed by atoms with E-state index in [-0.39, 0.29) is 18.0 Å². The van der Waals surface area contributed by atoms with E-state index in [2.05, 4.69) is 19.1 Å². The Morgan fingerprint density at radius 2 is 2.00 bits per heavy atom. The number of hydrogen-bond donors (Lipinski definition) is 0. The van der Waals surface area contributed by atoms with Crippen molar-refractivity contribution in [3.63, 3.8) is 0 Å². The fraction of sp³-hybridized carbons (Fsp3) is 0.650. The molecule has 1 fully saturated rings. The van der Waals surface area contributed by atoms with Gasteiger partial charge in [0.25, 0.3) is 0 Å². The maximum Gasteiger partial charge on any atom is 0.306 e. The molecule has 1 aromatic rings. The molecule has 1 saturated carbocycles. The number of carbonyl (C=O) groups excluding carboxylic acids is 1. The summed E-state index contributed by atoms with van der Waals surface area (Å²) in [6.45, 7) is 2.15. The van der Waals surface area contributed by atoms with Crippen molar-refractivity contribution in [3.05, 3.63) is 29.8 Å². The molecule has 0 radical (unpaired) electrons. The van der Waals surface area contributed by atoms with Crippen LogP contribution in [0.25, 0.3) is 0 Å². The van der Waals surface area contributed by atoms with Crippen molar-refractivity contribution in [1.29, 1.82) is 0 Å². The topological polar surface area (TPSA) is 35.5 Å². The van der Waals surface area contributed by atoms with Crippen molar-refractivity contribution in [1.82, 2.24) is 0 Å². The fourth-order valence-corrected chi connectivity index (χ4v) is 3.63. The van der Waals surface area contributed by atoms with E-state index in [1.54, 1.807) is 11.8 Å². The summed E-state index contributed by atoms with van der Waals surface area (Å²) in [6.07, 6.45) is 10.1. The third kappa shape index (κ3) is 5.73. The molecular formula is C20H30O3S. The summed E-state index contributed by atoms with van der Waals surface area (Å²) in [7, 11) is 0. The predicted octanol–water partition coefficient (Wildman–Crippen LogP) is 5.54. The van der Waals surface area contributed by atoms with E-state index >= 15 is 0 Å². The number of thioether (sulfide) groups is 1. The third-order valence-electron chi connectivity index (χ3n) is 4.62. The van der Waals surface area contributed by atoms with Gasteiger partial charge in [0, 0.05) is 17.9 Å². The van der Waals surface area contributed by atoms with Gasteiger partial charge in [-0.25, -0.2) is 0 Å². The Labute approximate surface area is 150 Å². The van der Waals surface area contributed by atoms with Gasteiger partial charge in [-0.2, -0.15) is 0 Å². The number of esters is 1. The molecule has 1 aliphatic rings. The Hall–Kier alpha value is -1.16. The summed E-state index contributed by atoms with van der Waals surface area (Å²) in [6, 6.07) is 8.22. The summed E-state index contributed by atoms with van der Waals surface area (Å²) >= 11 is 1.67. The summed E-state index contributed by atoms with van der Waals surface area (Å²) in [4.78, 5) is 12.2. The minimum absolute atomic E-state index is 0.00749. The van der Waals surface area contributed by atoms with E-state index in [9.17, 15) is 4.79 Å². The Kier molecular flexibility index (Phi) is 8.51. The van der Waals surface area contributed by atoms with Crippen LogP contribution in [0.2, 0.25) is 0 Å². The minimum atomic E-state index is -0.0390. The van der Waals surface area contributed by atoms with Crippen molar-refractivity contribution in [2.75, 3.05) is 12.2 Å². The monoisotopic (exact) mass is 350 g/mol. The molecule has 1 aliphatic carbocycles. The Morgan fingerprint density at radius 1 is 1.21 bits per heavy atom. The van der Waals surface area contributed by atoms with Crippen molar-refractivity contribution in [2.24, 2.45) is 0 Å². The van der Waals surface area contributed by atoms with Crippen molar-refractivity contribution < 1.29 is 14.3 Å². The predicted molar refractivity (Wildman–Crippen MR) is 101 cm³/mol. The number of para-hydroxylation sites is 1. The summed E-state index contributed by atoms with van der Waals surface area (Å²) < 4.78 is 11.8. The fourth-order valence-electron chi connectivity index (χ4n) is 3.38. The largest absolute Gasteiger partial charge is 0.483 e. The van der Waals surface area contributed by atoms with E-state index in [1.165, 1.54) is 12.0 Å². The van der Waals surface area contributed by atoms with Gasteiger partial charge in [0.1, 0.15) is 17.8 Å². The normalized spacial score (nSPS) is 20.6. The van der Waals surface area contributed by atoms with Gasteiger partial charge in [-0.15, -0.1) is 11.8 Å². The zero-order valence-corrected chi connectivity index (χ0v) is 15.8. The molecule has 3 nitrogen and oxygen atoms in total. The van der Waals surface area contributed by atoms with E-state index in [0.29, 0.717) is 12.4 Å². The highest BCUT2D eigenvalue weighted by atomic mass is 32.2. The van der Waals surface area contributed by atoms with Crippen LogP contribution < -0.4 is 4.74 Å². The first-order valence-electron chi connectivity index (χ1n) is 9.16. The maximum atomic E-state index is 12.2. The van der Waals surface area contributed by atoms with E-state index in [4.69, 9.17) is 9.47 Å². The van der Waals surface area contributed by atoms with Crippen LogP contribution in [-0.2, 0) is 9.53 Å². The highest BCUT2D eigenvalue weighted by Gasteiger charge is 2.31. The number of carbonyl (C=O) groups is 1. The lowest BCUT2D eigenvalue weighted by Gasteiger charge is -2.32. The van der Waals surface area contributed by atoms with Crippen LogP contribution in [-0.4, -0.2) is 24.3 Å². The lowest BCUT2D eigenvalue weighted by Crippen LogP contribution is -2.29. The number of hydrogen-bond acceptors (Lipinski definition) is 4. The Morgan fingerprint density at radius 3 is 2.79 bits per heavy atom. The average Bonchev–Trinajstić information content (AvgIpc) is 2.61. The molecule has 4 heteroatoms. The van der Waals surface area contributed by atoms with Crippen LogP contribution in [0, 0.1) is 0 Å². The number of benzene rings is 1. The summed E-state index contributed by atoms with van der Waals surface area (Å²) in [5, 5.41) is 0. The maximum absolute atomic E-state index is 12.2. The number of ether oxygens (including phenoxy) is 2. The minimum Gasteiger partial charge on any atom is -0.483 e. The van der Waals surface area contributed by atoms with Gasteiger partial charge >= 0.3 is 5.97 Å². The molecule has 2 atom stereocenters. The molecule has 2 rings (SSSR count). The van der Waals surface area contributed by atoms with Crippen LogP contribution >= 0.6 is 11.8 Å². The second-order valence-corrected chi connectivity index (χ2v) is 7.28. The van der Waals surface area contributed by atoms with Crippen molar-refractivity contribution >= 4 is 17.7 Å². The molecule has 0 aromatic heterocycles. The SMILES string of the molecule is CCCCCC(=O)OC1CCCCC1c1ccccc1OCSC. The summed E-state index contributed by atoms with van der Waals surface area (Å²) in [5.74, 6) is 1.80. The van der Waals surface area contributed by atoms with Crippen LogP contribution in [0.1, 0.15) is 69.8 Å². The molecule has 1 aromatic carbocycles. The average molecular weight is 351 g/mol. The standard InChI is InChI=1S/C20H30O3S/c1-3-4-5-14-20(21)23-19-13-9-7-11-17(19)16-10-6-8-12-18(16)22-15-24-2/h6,8,10,12,17,19H,3-5,7,9,11,13-15H2,1-2H3.